The molecule has 4 rings (SSSR count). The van der Waals surface area contributed by atoms with E-state index < -0.39 is 12.3 Å². The number of halogens is 2. The molecule has 0 aromatic heterocycles. The van der Waals surface area contributed by atoms with E-state index in [-0.39, 0.29) is 0 Å². The maximum atomic E-state index is 13.7. The Labute approximate surface area is 117 Å². The van der Waals surface area contributed by atoms with Gasteiger partial charge in [-0.1, -0.05) is 36.4 Å². The van der Waals surface area contributed by atoms with Crippen molar-refractivity contribution in [1.82, 2.24) is 0 Å². The Bertz CT molecular complexity index is 616. The molecule has 2 atom stereocenters. The fourth-order valence-electron chi connectivity index (χ4n) is 3.70. The molecule has 0 radical (unpaired) electrons. The molecule has 0 fully saturated rings. The summed E-state index contributed by atoms with van der Waals surface area (Å²) in [5.74, 6) is 0. The van der Waals surface area contributed by atoms with E-state index in [0.29, 0.717) is 25.7 Å². The van der Waals surface area contributed by atoms with Gasteiger partial charge >= 0.3 is 0 Å². The molecule has 0 heterocycles. The molecule has 0 bridgehead atoms. The zero-order valence-electron chi connectivity index (χ0n) is 11.2. The summed E-state index contributed by atoms with van der Waals surface area (Å²) in [5, 5.41) is 0. The number of alkyl halides is 2. The van der Waals surface area contributed by atoms with Gasteiger partial charge in [-0.2, -0.15) is 0 Å². The van der Waals surface area contributed by atoms with E-state index in [1.165, 1.54) is 0 Å². The molecule has 2 aliphatic carbocycles. The second-order valence-electron chi connectivity index (χ2n) is 5.90. The SMILES string of the molecule is FC1Cc2cccc(-c3cccc4c3CC(F)C4)c2C1. The van der Waals surface area contributed by atoms with Crippen molar-refractivity contribution in [1.29, 1.82) is 0 Å². The van der Waals surface area contributed by atoms with Gasteiger partial charge in [0.2, 0.25) is 0 Å². The number of benzene rings is 2. The molecular weight excluding hydrogens is 254 g/mol. The Morgan fingerprint density at radius 2 is 1.10 bits per heavy atom. The first-order valence-corrected chi connectivity index (χ1v) is 7.22. The monoisotopic (exact) mass is 270 g/mol. The van der Waals surface area contributed by atoms with Gasteiger partial charge in [-0.15, -0.1) is 0 Å². The molecule has 2 aliphatic rings. The third-order valence-corrected chi connectivity index (χ3v) is 4.57. The van der Waals surface area contributed by atoms with Crippen LogP contribution in [0.15, 0.2) is 36.4 Å². The Balaban J connectivity index is 1.89. The number of fused-ring (bicyclic) bond motifs is 2. The van der Waals surface area contributed by atoms with E-state index in [4.69, 9.17) is 0 Å². The molecule has 0 spiro atoms. The molecule has 0 N–H and O–H groups in total. The first kappa shape index (κ1) is 12.1. The highest BCUT2D eigenvalue weighted by Gasteiger charge is 2.27. The van der Waals surface area contributed by atoms with Gasteiger partial charge in [-0.3, -0.25) is 0 Å². The van der Waals surface area contributed by atoms with Gasteiger partial charge < -0.3 is 0 Å². The molecule has 2 unspecified atom stereocenters. The number of rotatable bonds is 1. The third kappa shape index (κ3) is 1.78. The zero-order chi connectivity index (χ0) is 13.7. The van der Waals surface area contributed by atoms with Crippen LogP contribution >= 0.6 is 0 Å². The van der Waals surface area contributed by atoms with Gasteiger partial charge in [-0.25, -0.2) is 8.78 Å². The third-order valence-electron chi connectivity index (χ3n) is 4.57. The number of hydrogen-bond donors (Lipinski definition) is 0. The molecule has 20 heavy (non-hydrogen) atoms. The van der Waals surface area contributed by atoms with Crippen LogP contribution in [0.2, 0.25) is 0 Å². The second-order valence-corrected chi connectivity index (χ2v) is 5.90. The first-order chi connectivity index (χ1) is 9.72. The van der Waals surface area contributed by atoms with Crippen LogP contribution in [0.3, 0.4) is 0 Å². The van der Waals surface area contributed by atoms with Gasteiger partial charge in [0.25, 0.3) is 0 Å². The predicted molar refractivity (Wildman–Crippen MR) is 76.5 cm³/mol. The minimum atomic E-state index is -0.767. The highest BCUT2D eigenvalue weighted by molar-refractivity contribution is 5.74. The molecular formula is C18H16F2. The molecule has 0 amide bonds. The lowest BCUT2D eigenvalue weighted by molar-refractivity contribution is 0.348. The lowest BCUT2D eigenvalue weighted by atomic mass is 9.92. The minimum absolute atomic E-state index is 0.494. The van der Waals surface area contributed by atoms with Crippen molar-refractivity contribution in [2.75, 3.05) is 0 Å². The summed E-state index contributed by atoms with van der Waals surface area (Å²) in [6.45, 7) is 0. The Morgan fingerprint density at radius 3 is 1.55 bits per heavy atom. The van der Waals surface area contributed by atoms with Crippen LogP contribution in [0.25, 0.3) is 11.1 Å². The highest BCUT2D eigenvalue weighted by Crippen LogP contribution is 2.38. The quantitative estimate of drug-likeness (QED) is 0.727. The fourth-order valence-corrected chi connectivity index (χ4v) is 3.70. The van der Waals surface area contributed by atoms with E-state index in [0.717, 1.165) is 33.4 Å². The lowest BCUT2D eigenvalue weighted by Gasteiger charge is -2.12. The average molecular weight is 270 g/mol. The van der Waals surface area contributed by atoms with Crippen molar-refractivity contribution < 1.29 is 8.78 Å². The topological polar surface area (TPSA) is 0 Å². The van der Waals surface area contributed by atoms with Crippen molar-refractivity contribution in [2.24, 2.45) is 0 Å². The maximum Gasteiger partial charge on any atom is 0.108 e. The van der Waals surface area contributed by atoms with Gasteiger partial charge in [0.05, 0.1) is 0 Å². The molecule has 102 valence electrons. The predicted octanol–water partition coefficient (Wildman–Crippen LogP) is 4.23. The van der Waals surface area contributed by atoms with Crippen molar-refractivity contribution in [2.45, 2.75) is 38.0 Å². The van der Waals surface area contributed by atoms with Gasteiger partial charge in [0, 0.05) is 25.7 Å². The van der Waals surface area contributed by atoms with Crippen LogP contribution in [0.4, 0.5) is 8.78 Å². The standard InChI is InChI=1S/C18H16F2/c19-13-7-11-3-1-5-15(17(11)9-13)16-6-2-4-12-8-14(20)10-18(12)16/h1-6,13-14H,7-10H2. The summed E-state index contributed by atoms with van der Waals surface area (Å²) in [6, 6.07) is 12.1. The van der Waals surface area contributed by atoms with Crippen LogP contribution in [0, 0.1) is 0 Å². The molecule has 2 aromatic rings. The van der Waals surface area contributed by atoms with Gasteiger partial charge in [0.15, 0.2) is 0 Å². The van der Waals surface area contributed by atoms with Crippen LogP contribution < -0.4 is 0 Å². The largest absolute Gasteiger partial charge is 0.247 e. The highest BCUT2D eigenvalue weighted by atomic mass is 19.1. The lowest BCUT2D eigenvalue weighted by Crippen LogP contribution is -1.98. The van der Waals surface area contributed by atoms with E-state index in [1.54, 1.807) is 0 Å². The van der Waals surface area contributed by atoms with Gasteiger partial charge in [0.1, 0.15) is 12.3 Å². The van der Waals surface area contributed by atoms with E-state index in [9.17, 15) is 8.78 Å². The summed E-state index contributed by atoms with van der Waals surface area (Å²) >= 11 is 0. The van der Waals surface area contributed by atoms with E-state index in [1.807, 2.05) is 24.3 Å². The van der Waals surface area contributed by atoms with Crippen LogP contribution in [0.5, 0.6) is 0 Å². The molecule has 0 saturated heterocycles. The summed E-state index contributed by atoms with van der Waals surface area (Å²) in [4.78, 5) is 0. The zero-order valence-corrected chi connectivity index (χ0v) is 11.2. The van der Waals surface area contributed by atoms with Crippen LogP contribution in [-0.2, 0) is 25.7 Å². The Morgan fingerprint density at radius 1 is 0.650 bits per heavy atom. The van der Waals surface area contributed by atoms with Crippen LogP contribution in [-0.4, -0.2) is 12.3 Å². The summed E-state index contributed by atoms with van der Waals surface area (Å²) in [6.07, 6.45) is 0.490. The minimum Gasteiger partial charge on any atom is -0.247 e. The maximum absolute atomic E-state index is 13.7. The molecule has 0 nitrogen and oxygen atoms in total. The summed E-state index contributed by atoms with van der Waals surface area (Å²) < 4.78 is 27.4. The van der Waals surface area contributed by atoms with E-state index >= 15 is 0 Å². The Hall–Kier alpha value is -1.70. The van der Waals surface area contributed by atoms with Crippen molar-refractivity contribution in [3.63, 3.8) is 0 Å². The van der Waals surface area contributed by atoms with Crippen molar-refractivity contribution >= 4 is 0 Å². The molecule has 0 aliphatic heterocycles. The first-order valence-electron chi connectivity index (χ1n) is 7.22. The normalized spacial score (nSPS) is 23.7. The molecule has 0 saturated carbocycles. The molecule has 2 aromatic carbocycles. The Kier molecular flexibility index (Phi) is 2.66. The van der Waals surface area contributed by atoms with Crippen molar-refractivity contribution in [3.8, 4) is 11.1 Å². The molecule has 2 heteroatoms. The van der Waals surface area contributed by atoms with Crippen LogP contribution in [0.1, 0.15) is 22.3 Å². The smallest absolute Gasteiger partial charge is 0.108 e. The number of hydrogen-bond acceptors (Lipinski definition) is 0. The summed E-state index contributed by atoms with van der Waals surface area (Å²) in [7, 11) is 0. The average Bonchev–Trinajstić information content (AvgIpc) is 2.98. The van der Waals surface area contributed by atoms with Crippen molar-refractivity contribution in [3.05, 3.63) is 58.7 Å². The van der Waals surface area contributed by atoms with Gasteiger partial charge in [-0.05, 0) is 33.4 Å². The fraction of sp³-hybridized carbons (Fsp3) is 0.333. The second kappa shape index (κ2) is 4.41. The van der Waals surface area contributed by atoms with E-state index in [2.05, 4.69) is 12.1 Å². The summed E-state index contributed by atoms with van der Waals surface area (Å²) in [5.41, 5.74) is 6.68.